The number of carboxylic acids is 1. The average molecular weight is 557 g/mol. The number of carboxylic acid groups (broad SMARTS) is 1. The summed E-state index contributed by atoms with van der Waals surface area (Å²) in [5, 5.41) is 12.4. The lowest BCUT2D eigenvalue weighted by Crippen LogP contribution is -2.48. The number of methoxy groups -OCH3 is 1. The van der Waals surface area contributed by atoms with Crippen molar-refractivity contribution in [1.29, 1.82) is 0 Å². The van der Waals surface area contributed by atoms with Gasteiger partial charge in [0.25, 0.3) is 5.91 Å². The number of nitrogens with zero attached hydrogens (tertiary/aromatic N) is 1. The van der Waals surface area contributed by atoms with E-state index in [1.807, 2.05) is 6.07 Å². The van der Waals surface area contributed by atoms with Crippen LogP contribution in [0.4, 0.5) is 0 Å². The molecule has 1 amide bonds. The van der Waals surface area contributed by atoms with Gasteiger partial charge in [-0.15, -0.1) is 0 Å². The molecule has 12 nitrogen and oxygen atoms in total. The Kier molecular flexibility index (Phi) is 9.46. The second kappa shape index (κ2) is 12.6. The van der Waals surface area contributed by atoms with Crippen molar-refractivity contribution in [2.75, 3.05) is 13.7 Å². The Morgan fingerprint density at radius 3 is 2.40 bits per heavy atom. The van der Waals surface area contributed by atoms with Gasteiger partial charge >= 0.3 is 23.9 Å². The molecule has 214 valence electrons. The largest absolute Gasteiger partial charge is 0.493 e. The number of amides is 1. The quantitative estimate of drug-likeness (QED) is 0.457. The number of hydrogen-bond acceptors (Lipinski definition) is 10. The van der Waals surface area contributed by atoms with Crippen LogP contribution in [-0.2, 0) is 35.1 Å². The van der Waals surface area contributed by atoms with Crippen molar-refractivity contribution < 1.29 is 48.0 Å². The predicted octanol–water partition coefficient (Wildman–Crippen LogP) is 2.19. The molecule has 1 fully saturated rings. The maximum atomic E-state index is 13.4. The summed E-state index contributed by atoms with van der Waals surface area (Å²) < 4.78 is 21.4. The summed E-state index contributed by atoms with van der Waals surface area (Å²) in [6.45, 7) is 4.96. The summed E-state index contributed by atoms with van der Waals surface area (Å²) in [4.78, 5) is 67.6. The maximum absolute atomic E-state index is 13.4. The van der Waals surface area contributed by atoms with Crippen LogP contribution in [0.2, 0.25) is 0 Å². The number of benzene rings is 1. The molecule has 40 heavy (non-hydrogen) atoms. The highest BCUT2D eigenvalue weighted by Crippen LogP contribution is 2.40. The molecule has 1 saturated heterocycles. The number of carbonyl (C=O) groups is 5. The van der Waals surface area contributed by atoms with Crippen LogP contribution in [0.25, 0.3) is 0 Å². The smallest absolute Gasteiger partial charge is 0.332 e. The van der Waals surface area contributed by atoms with Gasteiger partial charge in [0.15, 0.2) is 17.5 Å². The Bertz CT molecular complexity index is 1280. The lowest BCUT2D eigenvalue weighted by molar-refractivity contribution is -0.168. The molecule has 2 N–H and O–H groups in total. The number of pyridine rings is 1. The SMILES string of the molecule is COc1ccnc(C(=O)N[C@@H]2COC(=O)C(Cc3ccccc3)C(C(C)(C)C(=O)O)C(C)OC2=O)c1OC(C)=O. The lowest BCUT2D eigenvalue weighted by Gasteiger charge is -2.38. The molecule has 4 atom stereocenters. The molecule has 1 aromatic carbocycles. The lowest BCUT2D eigenvalue weighted by atomic mass is 9.67. The normalized spacial score (nSPS) is 21.5. The Labute approximate surface area is 231 Å². The van der Waals surface area contributed by atoms with Crippen molar-refractivity contribution in [2.45, 2.75) is 46.3 Å². The number of hydrogen-bond donors (Lipinski definition) is 2. The van der Waals surface area contributed by atoms with E-state index >= 15 is 0 Å². The summed E-state index contributed by atoms with van der Waals surface area (Å²) in [5.41, 5.74) is -1.08. The summed E-state index contributed by atoms with van der Waals surface area (Å²) >= 11 is 0. The third-order valence-corrected chi connectivity index (χ3v) is 6.76. The van der Waals surface area contributed by atoms with Crippen LogP contribution in [0.1, 0.15) is 43.7 Å². The van der Waals surface area contributed by atoms with Gasteiger partial charge in [0.2, 0.25) is 5.75 Å². The molecule has 12 heteroatoms. The van der Waals surface area contributed by atoms with Crippen LogP contribution in [0, 0.1) is 17.3 Å². The molecule has 0 bridgehead atoms. The van der Waals surface area contributed by atoms with Gasteiger partial charge in [-0.25, -0.2) is 9.78 Å². The molecule has 1 aliphatic heterocycles. The molecule has 0 saturated carbocycles. The van der Waals surface area contributed by atoms with Crippen LogP contribution in [0.15, 0.2) is 42.6 Å². The third kappa shape index (κ3) is 6.74. The predicted molar refractivity (Wildman–Crippen MR) is 138 cm³/mol. The second-order valence-electron chi connectivity index (χ2n) is 9.93. The molecule has 2 heterocycles. The van der Waals surface area contributed by atoms with Gasteiger partial charge in [-0.3, -0.25) is 19.2 Å². The zero-order valence-corrected chi connectivity index (χ0v) is 22.8. The fourth-order valence-electron chi connectivity index (χ4n) is 4.79. The first-order valence-corrected chi connectivity index (χ1v) is 12.5. The summed E-state index contributed by atoms with van der Waals surface area (Å²) in [5.74, 6) is -6.71. The van der Waals surface area contributed by atoms with E-state index < -0.39 is 65.8 Å². The number of carbonyl (C=O) groups excluding carboxylic acids is 4. The van der Waals surface area contributed by atoms with Crippen LogP contribution < -0.4 is 14.8 Å². The number of nitrogens with one attached hydrogen (secondary N) is 1. The van der Waals surface area contributed by atoms with Crippen molar-refractivity contribution in [3.63, 3.8) is 0 Å². The molecular weight excluding hydrogens is 524 g/mol. The maximum Gasteiger partial charge on any atom is 0.332 e. The van der Waals surface area contributed by atoms with E-state index in [2.05, 4.69) is 10.3 Å². The highest BCUT2D eigenvalue weighted by molar-refractivity contribution is 5.99. The topological polar surface area (TPSA) is 167 Å². The van der Waals surface area contributed by atoms with Crippen molar-refractivity contribution in [1.82, 2.24) is 10.3 Å². The molecule has 3 rings (SSSR count). The number of rotatable bonds is 8. The molecule has 1 aliphatic rings. The highest BCUT2D eigenvalue weighted by Gasteiger charge is 2.50. The van der Waals surface area contributed by atoms with E-state index in [4.69, 9.17) is 18.9 Å². The van der Waals surface area contributed by atoms with Crippen molar-refractivity contribution >= 4 is 29.8 Å². The number of cyclic esters (lactones) is 2. The average Bonchev–Trinajstić information content (AvgIpc) is 2.93. The Morgan fingerprint density at radius 2 is 1.80 bits per heavy atom. The molecular formula is C28H32N2O10. The zero-order valence-electron chi connectivity index (χ0n) is 22.8. The molecule has 0 aliphatic carbocycles. The van der Waals surface area contributed by atoms with Crippen LogP contribution in [-0.4, -0.2) is 65.7 Å². The molecule has 1 aromatic heterocycles. The van der Waals surface area contributed by atoms with Gasteiger partial charge in [0.1, 0.15) is 12.7 Å². The van der Waals surface area contributed by atoms with Gasteiger partial charge in [0, 0.05) is 25.1 Å². The van der Waals surface area contributed by atoms with Crippen LogP contribution >= 0.6 is 0 Å². The van der Waals surface area contributed by atoms with Crippen LogP contribution in [0.5, 0.6) is 11.5 Å². The van der Waals surface area contributed by atoms with E-state index in [1.165, 1.54) is 40.1 Å². The Hall–Kier alpha value is -4.48. The number of ether oxygens (including phenoxy) is 4. The molecule has 3 unspecified atom stereocenters. The first-order valence-electron chi connectivity index (χ1n) is 12.5. The molecule has 0 spiro atoms. The van der Waals surface area contributed by atoms with Crippen LogP contribution in [0.3, 0.4) is 0 Å². The highest BCUT2D eigenvalue weighted by atomic mass is 16.6. The summed E-state index contributed by atoms with van der Waals surface area (Å²) in [7, 11) is 1.31. The Morgan fingerprint density at radius 1 is 1.12 bits per heavy atom. The number of aliphatic carboxylic acids is 1. The van der Waals surface area contributed by atoms with Gasteiger partial charge in [-0.2, -0.15) is 0 Å². The fraction of sp³-hybridized carbons (Fsp3) is 0.429. The van der Waals surface area contributed by atoms with E-state index in [0.29, 0.717) is 0 Å². The molecule has 0 radical (unpaired) electrons. The van der Waals surface area contributed by atoms with Crippen molar-refractivity contribution in [2.24, 2.45) is 17.3 Å². The van der Waals surface area contributed by atoms with E-state index in [0.717, 1.165) is 12.5 Å². The van der Waals surface area contributed by atoms with Crippen molar-refractivity contribution in [3.05, 3.63) is 53.9 Å². The van der Waals surface area contributed by atoms with Gasteiger partial charge in [-0.1, -0.05) is 30.3 Å². The standard InChI is InChI=1S/C28H32N2O10/c1-15-21(28(3,4)27(35)36)18(13-17-9-7-6-8-10-17)25(33)38-14-19(26(34)39-15)30-24(32)22-23(40-16(2)31)20(37-5)11-12-29-22/h6-12,15,18-19,21H,13-14H2,1-5H3,(H,30,32)(H,35,36)/t15?,18?,19-,21?/m1/s1. The zero-order chi connectivity index (χ0) is 29.6. The summed E-state index contributed by atoms with van der Waals surface area (Å²) in [6.07, 6.45) is 0.334. The van der Waals surface area contributed by atoms with Gasteiger partial charge in [-0.05, 0) is 32.8 Å². The van der Waals surface area contributed by atoms with Crippen molar-refractivity contribution in [3.8, 4) is 11.5 Å². The minimum absolute atomic E-state index is 0.0509. The second-order valence-corrected chi connectivity index (χ2v) is 9.93. The van der Waals surface area contributed by atoms with Gasteiger partial charge in [0.05, 0.1) is 18.4 Å². The number of esters is 3. The minimum atomic E-state index is -1.50. The third-order valence-electron chi connectivity index (χ3n) is 6.76. The monoisotopic (exact) mass is 556 g/mol. The number of aromatic nitrogens is 1. The first kappa shape index (κ1) is 30.1. The summed E-state index contributed by atoms with van der Waals surface area (Å²) in [6, 6.07) is 8.90. The fourth-order valence-corrected chi connectivity index (χ4v) is 4.79. The van der Waals surface area contributed by atoms with E-state index in [-0.39, 0.29) is 23.6 Å². The Balaban J connectivity index is 1.95. The van der Waals surface area contributed by atoms with E-state index in [1.54, 1.807) is 24.3 Å². The van der Waals surface area contributed by atoms with Gasteiger partial charge < -0.3 is 29.4 Å². The molecule has 2 aromatic rings. The minimum Gasteiger partial charge on any atom is -0.493 e. The van der Waals surface area contributed by atoms with E-state index in [9.17, 15) is 29.1 Å². The first-order chi connectivity index (χ1) is 18.9.